The number of phenolic OH excluding ortho intramolecular Hbond substituents is 1. The van der Waals surface area contributed by atoms with E-state index >= 15 is 0 Å². The maximum absolute atomic E-state index is 14.8. The molecule has 4 amide bonds. The highest BCUT2D eigenvalue weighted by atomic mass is 16.5. The fraction of sp³-hybridized carbons (Fsp3) is 0.538. The van der Waals surface area contributed by atoms with Gasteiger partial charge in [-0.15, -0.1) is 0 Å². The topological polar surface area (TPSA) is 207 Å². The van der Waals surface area contributed by atoms with Gasteiger partial charge in [-0.05, 0) is 105 Å². The number of esters is 1. The Balaban J connectivity index is 1.19. The van der Waals surface area contributed by atoms with Gasteiger partial charge in [0.15, 0.2) is 0 Å². The third-order valence-corrected chi connectivity index (χ3v) is 14.0. The van der Waals surface area contributed by atoms with Gasteiger partial charge in [-0.25, -0.2) is 5.43 Å². The molecule has 370 valence electrons. The van der Waals surface area contributed by atoms with Gasteiger partial charge in [-0.2, -0.15) is 0 Å². The second-order valence-electron chi connectivity index (χ2n) is 20.3. The number of fused-ring (bicyclic) bond motifs is 6. The van der Waals surface area contributed by atoms with E-state index in [9.17, 15) is 29.1 Å². The fourth-order valence-corrected chi connectivity index (χ4v) is 10.3. The number of amides is 4. The lowest BCUT2D eigenvalue weighted by molar-refractivity contribution is -0.160. The Labute approximate surface area is 404 Å². The number of aryl methyl sites for hydroxylation is 1. The van der Waals surface area contributed by atoms with Gasteiger partial charge in [-0.3, -0.25) is 34.0 Å². The quantitative estimate of drug-likeness (QED) is 0.128. The molecule has 8 rings (SSSR count). The zero-order valence-electron chi connectivity index (χ0n) is 41.3. The van der Waals surface area contributed by atoms with Crippen molar-refractivity contribution >= 4 is 40.5 Å². The average Bonchev–Trinajstić information content (AvgIpc) is 4.14. The summed E-state index contributed by atoms with van der Waals surface area (Å²) >= 11 is 0. The summed E-state index contributed by atoms with van der Waals surface area (Å²) in [7, 11) is 3.21. The lowest BCUT2D eigenvalue weighted by Crippen LogP contribution is -2.64. The van der Waals surface area contributed by atoms with Crippen LogP contribution in [0.15, 0.2) is 54.7 Å². The molecule has 2 aromatic carbocycles. The summed E-state index contributed by atoms with van der Waals surface area (Å²) in [5.41, 5.74) is 9.46. The maximum Gasteiger partial charge on any atom is 0.324 e. The molecule has 4 aliphatic heterocycles. The minimum absolute atomic E-state index is 0.0170. The van der Waals surface area contributed by atoms with E-state index in [1.165, 1.54) is 17.0 Å². The van der Waals surface area contributed by atoms with Gasteiger partial charge >= 0.3 is 5.97 Å². The molecule has 7 atom stereocenters. The number of rotatable bonds is 10. The maximum atomic E-state index is 14.8. The number of hydrazine groups is 1. The van der Waals surface area contributed by atoms with Crippen molar-refractivity contribution in [3.05, 3.63) is 71.5 Å². The van der Waals surface area contributed by atoms with Crippen LogP contribution in [-0.2, 0) is 57.6 Å². The molecule has 3 fully saturated rings. The average molecular weight is 949 g/mol. The van der Waals surface area contributed by atoms with Crippen LogP contribution in [0.25, 0.3) is 33.3 Å². The van der Waals surface area contributed by atoms with Crippen LogP contribution < -0.4 is 16.1 Å². The monoisotopic (exact) mass is 949 g/mol. The molecule has 2 aromatic heterocycles. The van der Waals surface area contributed by atoms with Crippen molar-refractivity contribution in [1.29, 1.82) is 0 Å². The lowest BCUT2D eigenvalue weighted by atomic mass is 9.84. The minimum Gasteiger partial charge on any atom is -0.508 e. The highest BCUT2D eigenvalue weighted by Crippen LogP contribution is 2.42. The summed E-state index contributed by atoms with van der Waals surface area (Å²) in [6.45, 7) is 15.5. The molecule has 0 aliphatic carbocycles. The summed E-state index contributed by atoms with van der Waals surface area (Å²) in [5, 5.41) is 19.8. The summed E-state index contributed by atoms with van der Waals surface area (Å²) in [5.74, 6) is -2.63. The Morgan fingerprint density at radius 1 is 1.09 bits per heavy atom. The van der Waals surface area contributed by atoms with Crippen LogP contribution in [0.3, 0.4) is 0 Å². The molecule has 17 nitrogen and oxygen atoms in total. The normalized spacial score (nSPS) is 23.8. The van der Waals surface area contributed by atoms with E-state index in [2.05, 4.69) is 59.6 Å². The van der Waals surface area contributed by atoms with Crippen molar-refractivity contribution in [3.8, 4) is 28.1 Å². The van der Waals surface area contributed by atoms with Crippen molar-refractivity contribution in [2.45, 2.75) is 123 Å². The first kappa shape index (κ1) is 49.5. The summed E-state index contributed by atoms with van der Waals surface area (Å²) < 4.78 is 20.1. The van der Waals surface area contributed by atoms with Crippen LogP contribution in [0.5, 0.6) is 5.75 Å². The number of phenols is 1. The molecule has 6 bridgehead atoms. The molecule has 4 N–H and O–H groups in total. The van der Waals surface area contributed by atoms with E-state index in [0.29, 0.717) is 43.5 Å². The highest BCUT2D eigenvalue weighted by molar-refractivity contribution is 5.97. The predicted molar refractivity (Wildman–Crippen MR) is 259 cm³/mol. The molecular weight excluding hydrogens is 881 g/mol. The molecule has 3 saturated heterocycles. The van der Waals surface area contributed by atoms with E-state index in [-0.39, 0.29) is 62.6 Å². The van der Waals surface area contributed by atoms with Gasteiger partial charge in [0.2, 0.25) is 17.7 Å². The Bertz CT molecular complexity index is 2610. The van der Waals surface area contributed by atoms with Gasteiger partial charge in [0.1, 0.15) is 29.9 Å². The molecular formula is C52H68N8O9. The molecule has 1 unspecified atom stereocenters. The predicted octanol–water partition coefficient (Wildman–Crippen LogP) is 4.52. The number of carbonyl (C=O) groups is 5. The number of cyclic esters (lactones) is 1. The Kier molecular flexibility index (Phi) is 14.5. The Hall–Kier alpha value is -5.88. The fourth-order valence-electron chi connectivity index (χ4n) is 10.3. The summed E-state index contributed by atoms with van der Waals surface area (Å²) in [6.07, 6.45) is 2.64. The third kappa shape index (κ3) is 10.4. The minimum atomic E-state index is -1.20. The number of aromatic hydroxyl groups is 1. The van der Waals surface area contributed by atoms with Gasteiger partial charge in [-0.1, -0.05) is 39.8 Å². The number of methoxy groups -OCH3 is 1. The van der Waals surface area contributed by atoms with Crippen molar-refractivity contribution in [2.24, 2.45) is 11.3 Å². The van der Waals surface area contributed by atoms with E-state index in [4.69, 9.17) is 19.2 Å². The van der Waals surface area contributed by atoms with Crippen molar-refractivity contribution in [1.82, 2.24) is 40.4 Å². The summed E-state index contributed by atoms with van der Waals surface area (Å²) in [4.78, 5) is 78.9. The Morgan fingerprint density at radius 2 is 1.86 bits per heavy atom. The van der Waals surface area contributed by atoms with Gasteiger partial charge in [0, 0.05) is 74.8 Å². The van der Waals surface area contributed by atoms with E-state index < -0.39 is 59.2 Å². The largest absolute Gasteiger partial charge is 0.508 e. The zero-order valence-corrected chi connectivity index (χ0v) is 41.3. The van der Waals surface area contributed by atoms with Crippen LogP contribution in [0.1, 0.15) is 84.2 Å². The molecule has 4 aromatic rings. The van der Waals surface area contributed by atoms with Crippen LogP contribution >= 0.6 is 0 Å². The number of morpholine rings is 1. The van der Waals surface area contributed by atoms with Crippen LogP contribution in [0.2, 0.25) is 0 Å². The summed E-state index contributed by atoms with van der Waals surface area (Å²) in [6, 6.07) is 11.0. The number of hydrogen-bond acceptors (Lipinski definition) is 12. The number of aromatic nitrogens is 2. The molecule has 0 saturated carbocycles. The number of ether oxygens (including phenoxy) is 3. The molecule has 69 heavy (non-hydrogen) atoms. The van der Waals surface area contributed by atoms with E-state index in [1.807, 2.05) is 45.9 Å². The number of hydrogen-bond donors (Lipinski definition) is 4. The first-order valence-electron chi connectivity index (χ1n) is 24.3. The van der Waals surface area contributed by atoms with E-state index in [0.717, 1.165) is 39.0 Å². The SMILES string of the molecule is CCn1c(-c2cccnc2[C@H](C)OC)c2c3cc(ccc31)-c1cc(O)cc(c1)C[C@H](NC(=O)C(C(C)C)N(C)C(=O)[C@@H]1CO[C@H](C)CN1C(=O)[C@H]1CN1)C(=O)N1CCC[C@H](N1)C(=O)OCC(C)(C)C2. The second-order valence-corrected chi connectivity index (χ2v) is 20.3. The third-order valence-electron chi connectivity index (χ3n) is 14.0. The number of pyridine rings is 1. The van der Waals surface area contributed by atoms with Crippen LogP contribution in [0, 0.1) is 11.3 Å². The number of nitrogens with zero attached hydrogens (tertiary/aromatic N) is 5. The lowest BCUT2D eigenvalue weighted by Gasteiger charge is -2.41. The number of benzene rings is 2. The zero-order chi connectivity index (χ0) is 49.5. The molecule has 4 aliphatic rings. The number of likely N-dealkylation sites (N-methyl/N-ethyl adjacent to an activating group) is 1. The first-order valence-corrected chi connectivity index (χ1v) is 24.3. The standard InChI is InChI=1S/C52H68N8O9/c1-10-58-42-16-15-33-23-37(42)38(46(58)36-13-11-17-53-44(36)31(5)67-9)24-52(6,7)28-69-51(66)39-14-12-18-60(56-39)49(64)40(21-32-19-34(33)22-35(61)20-32)55-47(62)45(29(2)3)57(8)50(65)43-27-68-30(4)26-59(43)48(63)41-25-54-41/h11,13,15-17,19-20,22-23,29-31,39-41,43,45,54,56,61H,10,12,14,18,21,24-28H2,1-9H3,(H,55,62)/t30-,31+,39+,40+,41-,43+,45?/m1/s1. The molecule has 17 heteroatoms. The van der Waals surface area contributed by atoms with Gasteiger partial charge in [0.25, 0.3) is 5.91 Å². The van der Waals surface area contributed by atoms with Gasteiger partial charge in [0.05, 0.1) is 42.9 Å². The Morgan fingerprint density at radius 3 is 2.57 bits per heavy atom. The van der Waals surface area contributed by atoms with E-state index in [1.54, 1.807) is 30.3 Å². The van der Waals surface area contributed by atoms with Crippen LogP contribution in [0.4, 0.5) is 0 Å². The second kappa shape index (κ2) is 20.2. The number of nitrogens with one attached hydrogen (secondary N) is 3. The molecule has 0 spiro atoms. The van der Waals surface area contributed by atoms with Crippen molar-refractivity contribution in [2.75, 3.05) is 47.0 Å². The first-order chi connectivity index (χ1) is 32.9. The van der Waals surface area contributed by atoms with Crippen LogP contribution in [-0.4, -0.2) is 142 Å². The van der Waals surface area contributed by atoms with Gasteiger partial charge < -0.3 is 44.3 Å². The smallest absolute Gasteiger partial charge is 0.324 e. The van der Waals surface area contributed by atoms with Crippen molar-refractivity contribution in [3.63, 3.8) is 0 Å². The molecule has 0 radical (unpaired) electrons. The van der Waals surface area contributed by atoms with Crippen molar-refractivity contribution < 1.29 is 43.3 Å². The highest BCUT2D eigenvalue weighted by Gasteiger charge is 2.45. The molecule has 6 heterocycles. The number of carbonyl (C=O) groups excluding carboxylic acids is 5.